The number of halogens is 2. The van der Waals surface area contributed by atoms with Crippen molar-refractivity contribution in [3.05, 3.63) is 22.9 Å². The fourth-order valence-electron chi connectivity index (χ4n) is 0.926. The van der Waals surface area contributed by atoms with Crippen molar-refractivity contribution in [1.29, 1.82) is 0 Å². The molecule has 0 aromatic rings. The van der Waals surface area contributed by atoms with Crippen LogP contribution in [0, 0.1) is 5.92 Å². The zero-order valence-corrected chi connectivity index (χ0v) is 6.40. The van der Waals surface area contributed by atoms with E-state index in [9.17, 15) is 4.39 Å². The molecule has 2 N–H and O–H groups in total. The molecule has 10 heavy (non-hydrogen) atoms. The van der Waals surface area contributed by atoms with Gasteiger partial charge in [0, 0.05) is 11.6 Å². The SMILES string of the molecule is CC1C=C(N)C=C(Cl)C1F. The van der Waals surface area contributed by atoms with Crippen LogP contribution < -0.4 is 5.73 Å². The molecule has 0 heterocycles. The van der Waals surface area contributed by atoms with Gasteiger partial charge in [-0.05, 0) is 6.08 Å². The summed E-state index contributed by atoms with van der Waals surface area (Å²) in [6.07, 6.45) is 2.04. The number of hydrogen-bond acceptors (Lipinski definition) is 1. The maximum atomic E-state index is 12.8. The van der Waals surface area contributed by atoms with E-state index in [-0.39, 0.29) is 11.0 Å². The maximum absolute atomic E-state index is 12.8. The minimum absolute atomic E-state index is 0.197. The van der Waals surface area contributed by atoms with Crippen LogP contribution in [0.5, 0.6) is 0 Å². The molecule has 2 atom stereocenters. The Morgan fingerprint density at radius 3 is 2.80 bits per heavy atom. The van der Waals surface area contributed by atoms with E-state index in [0.717, 1.165) is 0 Å². The number of hydrogen-bond donors (Lipinski definition) is 1. The predicted octanol–water partition coefficient (Wildman–Crippen LogP) is 1.94. The molecule has 56 valence electrons. The van der Waals surface area contributed by atoms with E-state index in [1.807, 2.05) is 0 Å². The van der Waals surface area contributed by atoms with Gasteiger partial charge in [0.05, 0.1) is 5.03 Å². The second kappa shape index (κ2) is 2.62. The highest BCUT2D eigenvalue weighted by molar-refractivity contribution is 6.30. The van der Waals surface area contributed by atoms with Crippen LogP contribution in [0.15, 0.2) is 22.9 Å². The fraction of sp³-hybridized carbons (Fsp3) is 0.429. The molecule has 0 fully saturated rings. The van der Waals surface area contributed by atoms with E-state index in [1.165, 1.54) is 6.08 Å². The predicted molar refractivity (Wildman–Crippen MR) is 40.3 cm³/mol. The average molecular weight is 162 g/mol. The molecule has 1 aliphatic carbocycles. The van der Waals surface area contributed by atoms with Gasteiger partial charge in [-0.1, -0.05) is 24.6 Å². The fourth-order valence-corrected chi connectivity index (χ4v) is 1.25. The zero-order chi connectivity index (χ0) is 7.72. The summed E-state index contributed by atoms with van der Waals surface area (Å²) in [5.74, 6) is -0.197. The van der Waals surface area contributed by atoms with Crippen molar-refractivity contribution < 1.29 is 4.39 Å². The first-order valence-corrected chi connectivity index (χ1v) is 3.47. The van der Waals surface area contributed by atoms with Gasteiger partial charge in [-0.15, -0.1) is 0 Å². The van der Waals surface area contributed by atoms with Crippen LogP contribution in [0.1, 0.15) is 6.92 Å². The first kappa shape index (κ1) is 7.61. The second-order valence-electron chi connectivity index (χ2n) is 2.46. The van der Waals surface area contributed by atoms with Crippen molar-refractivity contribution in [2.24, 2.45) is 11.7 Å². The number of rotatable bonds is 0. The lowest BCUT2D eigenvalue weighted by atomic mass is 9.99. The normalized spacial score (nSPS) is 33.1. The molecule has 2 unspecified atom stereocenters. The van der Waals surface area contributed by atoms with Crippen molar-refractivity contribution in [2.75, 3.05) is 0 Å². The molecule has 0 bridgehead atoms. The van der Waals surface area contributed by atoms with E-state index < -0.39 is 6.17 Å². The van der Waals surface area contributed by atoms with Crippen molar-refractivity contribution in [3.8, 4) is 0 Å². The zero-order valence-electron chi connectivity index (χ0n) is 5.64. The topological polar surface area (TPSA) is 26.0 Å². The summed E-state index contributed by atoms with van der Waals surface area (Å²) in [5.41, 5.74) is 5.96. The third-order valence-corrected chi connectivity index (χ3v) is 1.80. The molecule has 0 aromatic heterocycles. The quantitative estimate of drug-likeness (QED) is 0.578. The lowest BCUT2D eigenvalue weighted by Gasteiger charge is -2.17. The summed E-state index contributed by atoms with van der Waals surface area (Å²) >= 11 is 5.52. The summed E-state index contributed by atoms with van der Waals surface area (Å²) < 4.78 is 12.8. The van der Waals surface area contributed by atoms with E-state index in [2.05, 4.69) is 0 Å². The van der Waals surface area contributed by atoms with Crippen LogP contribution in [0.2, 0.25) is 0 Å². The first-order valence-electron chi connectivity index (χ1n) is 3.09. The summed E-state index contributed by atoms with van der Waals surface area (Å²) in [6.45, 7) is 1.74. The minimum Gasteiger partial charge on any atom is -0.399 e. The Hall–Kier alpha value is -0.500. The van der Waals surface area contributed by atoms with E-state index in [1.54, 1.807) is 13.0 Å². The van der Waals surface area contributed by atoms with Gasteiger partial charge >= 0.3 is 0 Å². The second-order valence-corrected chi connectivity index (χ2v) is 2.89. The molecule has 0 saturated heterocycles. The van der Waals surface area contributed by atoms with Crippen LogP contribution >= 0.6 is 11.6 Å². The van der Waals surface area contributed by atoms with Crippen molar-refractivity contribution in [3.63, 3.8) is 0 Å². The maximum Gasteiger partial charge on any atom is 0.142 e. The minimum atomic E-state index is -1.08. The molecule has 0 saturated carbocycles. The summed E-state index contributed by atoms with van der Waals surface area (Å²) in [4.78, 5) is 0. The molecule has 0 radical (unpaired) electrons. The van der Waals surface area contributed by atoms with Crippen molar-refractivity contribution in [2.45, 2.75) is 13.1 Å². The van der Waals surface area contributed by atoms with Gasteiger partial charge in [0.2, 0.25) is 0 Å². The molecule has 0 aliphatic heterocycles. The monoisotopic (exact) mass is 161 g/mol. The summed E-state index contributed by atoms with van der Waals surface area (Å²) in [5, 5.41) is 0.201. The number of alkyl halides is 1. The van der Waals surface area contributed by atoms with Crippen LogP contribution in [-0.2, 0) is 0 Å². The van der Waals surface area contributed by atoms with Gasteiger partial charge in [-0.25, -0.2) is 4.39 Å². The van der Waals surface area contributed by atoms with Gasteiger partial charge in [-0.3, -0.25) is 0 Å². The van der Waals surface area contributed by atoms with Crippen molar-refractivity contribution in [1.82, 2.24) is 0 Å². The van der Waals surface area contributed by atoms with Crippen LogP contribution in [0.3, 0.4) is 0 Å². The van der Waals surface area contributed by atoms with Gasteiger partial charge in [0.1, 0.15) is 6.17 Å². The van der Waals surface area contributed by atoms with E-state index >= 15 is 0 Å². The molecule has 1 aliphatic rings. The standard InChI is InChI=1S/C7H9ClFN/c1-4-2-5(10)3-6(8)7(4)9/h2-4,7H,10H2,1H3. The van der Waals surface area contributed by atoms with Crippen LogP contribution in [-0.4, -0.2) is 6.17 Å². The first-order chi connectivity index (χ1) is 4.61. The Bertz CT molecular complexity index is 198. The molecule has 0 amide bonds. The Kier molecular flexibility index (Phi) is 2.00. The smallest absolute Gasteiger partial charge is 0.142 e. The number of nitrogens with two attached hydrogens (primary N) is 1. The molecule has 1 rings (SSSR count). The highest BCUT2D eigenvalue weighted by atomic mass is 35.5. The van der Waals surface area contributed by atoms with Crippen LogP contribution in [0.25, 0.3) is 0 Å². The highest BCUT2D eigenvalue weighted by Crippen LogP contribution is 2.26. The molecule has 0 spiro atoms. The van der Waals surface area contributed by atoms with E-state index in [0.29, 0.717) is 5.70 Å². The molecule has 3 heteroatoms. The molecular weight excluding hydrogens is 153 g/mol. The Morgan fingerprint density at radius 1 is 1.70 bits per heavy atom. The summed E-state index contributed by atoms with van der Waals surface area (Å²) in [6, 6.07) is 0. The molecular formula is C7H9ClFN. The highest BCUT2D eigenvalue weighted by Gasteiger charge is 2.21. The third-order valence-electron chi connectivity index (χ3n) is 1.48. The Balaban J connectivity index is 2.85. The van der Waals surface area contributed by atoms with E-state index in [4.69, 9.17) is 17.3 Å². The van der Waals surface area contributed by atoms with Crippen molar-refractivity contribution >= 4 is 11.6 Å². The average Bonchev–Trinajstić information content (AvgIpc) is 1.82. The molecule has 1 nitrogen and oxygen atoms in total. The lowest BCUT2D eigenvalue weighted by molar-refractivity contribution is 0.326. The van der Waals surface area contributed by atoms with Crippen LogP contribution in [0.4, 0.5) is 4.39 Å². The van der Waals surface area contributed by atoms with Gasteiger partial charge in [0.25, 0.3) is 0 Å². The van der Waals surface area contributed by atoms with Gasteiger partial charge in [0.15, 0.2) is 0 Å². The lowest BCUT2D eigenvalue weighted by Crippen LogP contribution is -2.17. The van der Waals surface area contributed by atoms with Gasteiger partial charge < -0.3 is 5.73 Å². The molecule has 0 aromatic carbocycles. The third kappa shape index (κ3) is 1.32. The largest absolute Gasteiger partial charge is 0.399 e. The Labute approximate surface area is 64.4 Å². The van der Waals surface area contributed by atoms with Gasteiger partial charge in [-0.2, -0.15) is 0 Å². The Morgan fingerprint density at radius 2 is 2.30 bits per heavy atom. The summed E-state index contributed by atoms with van der Waals surface area (Å²) in [7, 11) is 0. The number of allylic oxidation sites excluding steroid dienone is 3.